The molecular formula is CH7Cl7Si2. The molecule has 0 nitrogen and oxygen atoms in total. The smallest absolute Gasteiger partial charge is 0.147 e. The van der Waals surface area contributed by atoms with Gasteiger partial charge in [-0.2, -0.15) is 0 Å². The van der Waals surface area contributed by atoms with Crippen LogP contribution in [0.2, 0.25) is 6.55 Å². The molecule has 0 fully saturated rings. The molecule has 0 amide bonds. The quantitative estimate of drug-likeness (QED) is 0.472. The lowest BCUT2D eigenvalue weighted by Crippen LogP contribution is -1.97. The van der Waals surface area contributed by atoms with Crippen LogP contribution in [-0.4, -0.2) is 17.0 Å². The Labute approximate surface area is 106 Å². The fraction of sp³-hybridized carbons (Fsp3) is 1.00. The van der Waals surface area contributed by atoms with Gasteiger partial charge in [0.05, 0.1) is 0 Å². The summed E-state index contributed by atoms with van der Waals surface area (Å²) in [4.78, 5) is 0. The van der Waals surface area contributed by atoms with Gasteiger partial charge in [-0.25, -0.2) is 0 Å². The SMILES string of the molecule is C[Si](Cl)(Cl)Cl.Cl.Cl.Cl.Cl.[Si]. The highest BCUT2D eigenvalue weighted by Crippen LogP contribution is 2.17. The van der Waals surface area contributed by atoms with Gasteiger partial charge in [-0.05, 0) is 6.55 Å². The van der Waals surface area contributed by atoms with Crippen molar-refractivity contribution in [1.29, 1.82) is 0 Å². The molecule has 0 bridgehead atoms. The molecule has 0 aliphatic rings. The van der Waals surface area contributed by atoms with E-state index < -0.39 is 6.00 Å². The molecule has 0 atom stereocenters. The fourth-order valence-electron chi connectivity index (χ4n) is 0. The predicted molar refractivity (Wildman–Crippen MR) is 63.9 cm³/mol. The molecule has 4 radical (unpaired) electrons. The first-order chi connectivity index (χ1) is 2.00. The van der Waals surface area contributed by atoms with Gasteiger partial charge >= 0.3 is 6.00 Å². The highest BCUT2D eigenvalue weighted by atomic mass is 35.8. The first-order valence-corrected chi connectivity index (χ1v) is 6.60. The summed E-state index contributed by atoms with van der Waals surface area (Å²) in [6.45, 7) is 1.62. The number of rotatable bonds is 0. The van der Waals surface area contributed by atoms with E-state index >= 15 is 0 Å². The van der Waals surface area contributed by atoms with Crippen molar-refractivity contribution in [3.05, 3.63) is 0 Å². The van der Waals surface area contributed by atoms with Crippen molar-refractivity contribution < 1.29 is 0 Å². The zero-order valence-electron chi connectivity index (χ0n) is 4.77. The van der Waals surface area contributed by atoms with Gasteiger partial charge in [0, 0.05) is 11.0 Å². The van der Waals surface area contributed by atoms with Crippen LogP contribution in [0.1, 0.15) is 0 Å². The molecule has 0 spiro atoms. The van der Waals surface area contributed by atoms with Crippen molar-refractivity contribution in [3.63, 3.8) is 0 Å². The molecule has 0 aromatic carbocycles. The lowest BCUT2D eigenvalue weighted by atomic mass is 11.9. The maximum atomic E-state index is 5.20. The summed E-state index contributed by atoms with van der Waals surface area (Å²) in [5, 5.41) is 0. The van der Waals surface area contributed by atoms with Crippen LogP contribution in [0.15, 0.2) is 0 Å². The summed E-state index contributed by atoms with van der Waals surface area (Å²) in [6.07, 6.45) is 0. The minimum absolute atomic E-state index is 0. The maximum absolute atomic E-state index is 5.20. The molecule has 0 saturated heterocycles. The molecule has 9 heteroatoms. The van der Waals surface area contributed by atoms with Gasteiger partial charge in [0.1, 0.15) is 0 Å². The summed E-state index contributed by atoms with van der Waals surface area (Å²) in [6, 6.07) is -2.19. The van der Waals surface area contributed by atoms with Crippen molar-refractivity contribution in [2.45, 2.75) is 6.55 Å². The van der Waals surface area contributed by atoms with Gasteiger partial charge in [0.2, 0.25) is 0 Å². The van der Waals surface area contributed by atoms with Gasteiger partial charge in [0.25, 0.3) is 0 Å². The molecule has 0 aromatic heterocycles. The molecule has 10 heavy (non-hydrogen) atoms. The number of hydrogen-bond donors (Lipinski definition) is 0. The topological polar surface area (TPSA) is 0 Å². The Morgan fingerprint density at radius 1 is 0.800 bits per heavy atom. The highest BCUT2D eigenvalue weighted by Gasteiger charge is 2.13. The largest absolute Gasteiger partial charge is 0.338 e. The number of halogens is 7. The zero-order valence-corrected chi connectivity index (χ0v) is 12.3. The average molecular weight is 323 g/mol. The second kappa shape index (κ2) is 17.5. The summed E-state index contributed by atoms with van der Waals surface area (Å²) in [5.41, 5.74) is 0. The van der Waals surface area contributed by atoms with E-state index in [1.165, 1.54) is 0 Å². The minimum atomic E-state index is -2.19. The van der Waals surface area contributed by atoms with Gasteiger partial charge in [0.15, 0.2) is 0 Å². The van der Waals surface area contributed by atoms with Gasteiger partial charge in [-0.3, -0.25) is 0 Å². The molecule has 0 aromatic rings. The maximum Gasteiger partial charge on any atom is 0.338 e. The predicted octanol–water partition coefficient (Wildman–Crippen LogP) is 3.58. The van der Waals surface area contributed by atoms with E-state index in [2.05, 4.69) is 0 Å². The average Bonchev–Trinajstić information content (AvgIpc) is 0.722. The van der Waals surface area contributed by atoms with Crippen LogP contribution in [0.4, 0.5) is 0 Å². The zero-order chi connectivity index (χ0) is 4.50. The molecule has 0 aliphatic heterocycles. The summed E-state index contributed by atoms with van der Waals surface area (Å²) < 4.78 is 0. The van der Waals surface area contributed by atoms with Crippen LogP contribution in [0.25, 0.3) is 0 Å². The lowest BCUT2D eigenvalue weighted by Gasteiger charge is -1.89. The standard InChI is InChI=1S/CH3Cl3Si.4ClH.Si/c1-5(2,3)4;;;;;/h1H3;4*1H;. The molecule has 0 saturated carbocycles. The Bertz CT molecular complexity index is 27.1. The Balaban J connectivity index is -0.00000000800. The number of hydrogen-bond acceptors (Lipinski definition) is 0. The highest BCUT2D eigenvalue weighted by molar-refractivity contribution is 7.64. The lowest BCUT2D eigenvalue weighted by molar-refractivity contribution is 2.31. The third kappa shape index (κ3) is 154. The second-order valence-corrected chi connectivity index (χ2v) is 10.9. The van der Waals surface area contributed by atoms with Gasteiger partial charge in [-0.1, -0.05) is 0 Å². The van der Waals surface area contributed by atoms with E-state index in [9.17, 15) is 0 Å². The second-order valence-electron chi connectivity index (χ2n) is 0.781. The van der Waals surface area contributed by atoms with Crippen molar-refractivity contribution in [2.75, 3.05) is 0 Å². The van der Waals surface area contributed by atoms with Crippen LogP contribution >= 0.6 is 82.9 Å². The molecule has 68 valence electrons. The summed E-state index contributed by atoms with van der Waals surface area (Å²) >= 11 is 15.6. The van der Waals surface area contributed by atoms with Gasteiger partial charge < -0.3 is 0 Å². The van der Waals surface area contributed by atoms with Crippen LogP contribution in [0, 0.1) is 0 Å². The van der Waals surface area contributed by atoms with Crippen molar-refractivity contribution in [1.82, 2.24) is 0 Å². The third-order valence-corrected chi connectivity index (χ3v) is 0. The van der Waals surface area contributed by atoms with Crippen LogP contribution in [-0.2, 0) is 0 Å². The normalized spacial score (nSPS) is 6.00. The minimum Gasteiger partial charge on any atom is -0.147 e. The van der Waals surface area contributed by atoms with E-state index in [1.807, 2.05) is 0 Å². The van der Waals surface area contributed by atoms with Crippen LogP contribution in [0.3, 0.4) is 0 Å². The molecule has 0 aliphatic carbocycles. The van der Waals surface area contributed by atoms with Crippen molar-refractivity contribution in [2.24, 2.45) is 0 Å². The summed E-state index contributed by atoms with van der Waals surface area (Å²) in [7, 11) is 0. The van der Waals surface area contributed by atoms with Crippen molar-refractivity contribution >= 4 is 99.8 Å². The van der Waals surface area contributed by atoms with E-state index in [0.29, 0.717) is 0 Å². The van der Waals surface area contributed by atoms with Crippen molar-refractivity contribution in [3.8, 4) is 0 Å². The molecular weight excluding hydrogens is 316 g/mol. The first-order valence-electron chi connectivity index (χ1n) is 1.07. The molecule has 0 unspecified atom stereocenters. The van der Waals surface area contributed by atoms with E-state index in [-0.39, 0.29) is 60.6 Å². The van der Waals surface area contributed by atoms with E-state index in [4.69, 9.17) is 33.2 Å². The summed E-state index contributed by atoms with van der Waals surface area (Å²) in [5.74, 6) is 0. The molecule has 0 heterocycles. The van der Waals surface area contributed by atoms with E-state index in [1.54, 1.807) is 6.55 Å². The van der Waals surface area contributed by atoms with Crippen LogP contribution < -0.4 is 0 Å². The Morgan fingerprint density at radius 3 is 0.800 bits per heavy atom. The van der Waals surface area contributed by atoms with Crippen LogP contribution in [0.5, 0.6) is 0 Å². The first kappa shape index (κ1) is 39.2. The van der Waals surface area contributed by atoms with E-state index in [0.717, 1.165) is 0 Å². The third-order valence-electron chi connectivity index (χ3n) is 0. The Hall–Kier alpha value is 2.46. The van der Waals surface area contributed by atoms with Gasteiger partial charge in [-0.15, -0.1) is 82.9 Å². The Kier molecular flexibility index (Phi) is 68.7. The Morgan fingerprint density at radius 2 is 0.800 bits per heavy atom. The molecule has 0 rings (SSSR count). The fourth-order valence-corrected chi connectivity index (χ4v) is 0. The monoisotopic (exact) mass is 320 g/mol. The molecule has 0 N–H and O–H groups in total.